The Morgan fingerprint density at radius 3 is 1.03 bits per heavy atom. The molecule has 218 valence electrons. The summed E-state index contributed by atoms with van der Waals surface area (Å²) in [7, 11) is -5.70. The van der Waals surface area contributed by atoms with Gasteiger partial charge in [-0.3, -0.25) is 0 Å². The molecule has 0 rings (SSSR count). The third-order valence-corrected chi connectivity index (χ3v) is 22.9. The van der Waals surface area contributed by atoms with Gasteiger partial charge in [0.15, 0.2) is 16.6 Å². The summed E-state index contributed by atoms with van der Waals surface area (Å²) < 4.78 is 29.5. The van der Waals surface area contributed by atoms with Crippen molar-refractivity contribution >= 4 is 42.3 Å². The van der Waals surface area contributed by atoms with Crippen LogP contribution in [0.4, 0.5) is 0 Å². The second kappa shape index (κ2) is 24.7. The van der Waals surface area contributed by atoms with E-state index in [0.717, 1.165) is 37.4 Å². The van der Waals surface area contributed by atoms with Gasteiger partial charge in [-0.05, 0) is 65.0 Å². The Hall–Kier alpha value is 2.95. The summed E-state index contributed by atoms with van der Waals surface area (Å²) in [4.78, 5) is 0. The molecule has 0 aromatic heterocycles. The molecule has 0 fully saturated rings. The molecule has 35 heavy (non-hydrogen) atoms. The molecule has 0 aromatic carbocycles. The van der Waals surface area contributed by atoms with E-state index >= 15 is 0 Å². The third-order valence-electron chi connectivity index (χ3n) is 4.62. The van der Waals surface area contributed by atoms with E-state index in [1.807, 2.05) is 13.1 Å². The molecule has 0 spiro atoms. The standard InChI is InChI=1S/C12H30O2Si3.C8H21O3Si2.2CH4.3W/c1-9-11-15(3,4)13-17(7,8)14-16(5,6)12-10-2;1-7-8-13(6,10-3)11-12(4,5)9-2;;;;;/h1-2,9-12H2,3-8H3;1,7-8H2,2-6H3;2*1H4;;;/q-2;-1;;;;;. The van der Waals surface area contributed by atoms with Crippen LogP contribution in [0.1, 0.15) is 34.1 Å². The Bertz CT molecular complexity index is 455. The van der Waals surface area contributed by atoms with E-state index in [0.29, 0.717) is 0 Å². The Labute approximate surface area is 270 Å². The first-order valence-electron chi connectivity index (χ1n) is 11.0. The van der Waals surface area contributed by atoms with Gasteiger partial charge in [0, 0.05) is 77.4 Å². The van der Waals surface area contributed by atoms with Gasteiger partial charge in [0.1, 0.15) is 0 Å². The molecule has 0 bridgehead atoms. The van der Waals surface area contributed by atoms with Gasteiger partial charge in [0.05, 0.1) is 0 Å². The van der Waals surface area contributed by atoms with Crippen LogP contribution in [0.2, 0.25) is 77.1 Å². The van der Waals surface area contributed by atoms with E-state index in [4.69, 9.17) is 21.2 Å². The summed E-state index contributed by atoms with van der Waals surface area (Å²) in [6.07, 6.45) is 2.78. The van der Waals surface area contributed by atoms with Gasteiger partial charge in [-0.15, -0.1) is 0 Å². The van der Waals surface area contributed by atoms with Crippen molar-refractivity contribution in [2.45, 2.75) is 111 Å². The van der Waals surface area contributed by atoms with Crippen molar-refractivity contribution in [3.05, 3.63) is 20.8 Å². The van der Waals surface area contributed by atoms with Gasteiger partial charge in [-0.25, -0.2) is 0 Å². The Morgan fingerprint density at radius 1 is 0.486 bits per heavy atom. The Kier molecular flexibility index (Phi) is 38.2. The van der Waals surface area contributed by atoms with E-state index < -0.39 is 42.3 Å². The van der Waals surface area contributed by atoms with Gasteiger partial charge in [0.25, 0.3) is 0 Å². The summed E-state index contributed by atoms with van der Waals surface area (Å²) in [5.74, 6) is 0. The largest absolute Gasteiger partial charge is 0.437 e. The van der Waals surface area contributed by atoms with Gasteiger partial charge < -0.3 is 42.0 Å². The maximum absolute atomic E-state index is 6.38. The number of rotatable bonds is 14. The summed E-state index contributed by atoms with van der Waals surface area (Å²) in [5.41, 5.74) is 0. The van der Waals surface area contributed by atoms with E-state index in [1.54, 1.807) is 14.2 Å². The average Bonchev–Trinajstić information content (AvgIpc) is 2.52. The summed E-state index contributed by atoms with van der Waals surface area (Å²) in [6.45, 7) is 31.3. The molecule has 1 unspecified atom stereocenters. The van der Waals surface area contributed by atoms with Crippen molar-refractivity contribution in [3.8, 4) is 0 Å². The summed E-state index contributed by atoms with van der Waals surface area (Å²) in [6, 6.07) is 3.15. The minimum Gasteiger partial charge on any atom is -0.437 e. The van der Waals surface area contributed by atoms with Crippen LogP contribution >= 0.6 is 0 Å². The van der Waals surface area contributed by atoms with Crippen molar-refractivity contribution in [2.24, 2.45) is 0 Å². The van der Waals surface area contributed by atoms with Crippen LogP contribution < -0.4 is 0 Å². The molecule has 0 amide bonds. The van der Waals surface area contributed by atoms with Crippen molar-refractivity contribution in [2.75, 3.05) is 14.2 Å². The predicted octanol–water partition coefficient (Wildman–Crippen LogP) is 8.14. The van der Waals surface area contributed by atoms with Gasteiger partial charge in [-0.1, -0.05) is 26.9 Å². The molecule has 0 radical (unpaired) electrons. The fraction of sp³-hybridized carbons (Fsp3) is 0.864. The van der Waals surface area contributed by atoms with Crippen LogP contribution in [0.5, 0.6) is 0 Å². The molecule has 0 aliphatic carbocycles. The number of hydrogen-bond donors (Lipinski definition) is 0. The number of hydrogen-bond acceptors (Lipinski definition) is 5. The molecule has 0 saturated carbocycles. The van der Waals surface area contributed by atoms with Crippen LogP contribution in [0.25, 0.3) is 0 Å². The molecular weight excluding hydrogens is 1040 g/mol. The molecule has 0 aliphatic heterocycles. The zero-order chi connectivity index (χ0) is 24.3. The zero-order valence-electron chi connectivity index (χ0n) is 23.1. The maximum atomic E-state index is 6.38. The average molecular weight is 1100 g/mol. The minimum atomic E-state index is -2.01. The molecule has 0 heterocycles. The van der Waals surface area contributed by atoms with E-state index in [1.165, 1.54) is 0 Å². The minimum absolute atomic E-state index is 0. The first kappa shape index (κ1) is 54.1. The van der Waals surface area contributed by atoms with E-state index in [2.05, 4.69) is 66.6 Å². The van der Waals surface area contributed by atoms with Gasteiger partial charge in [0.2, 0.25) is 0 Å². The Morgan fingerprint density at radius 2 is 0.800 bits per heavy atom. The van der Waals surface area contributed by atoms with Gasteiger partial charge >= 0.3 is 25.7 Å². The first-order chi connectivity index (χ1) is 13.4. The molecule has 13 heteroatoms. The molecule has 0 N–H and O–H groups in total. The van der Waals surface area contributed by atoms with Crippen molar-refractivity contribution < 1.29 is 84.4 Å². The van der Waals surface area contributed by atoms with Crippen molar-refractivity contribution in [1.29, 1.82) is 0 Å². The van der Waals surface area contributed by atoms with Crippen LogP contribution in [-0.4, -0.2) is 56.5 Å². The van der Waals surface area contributed by atoms with E-state index in [9.17, 15) is 0 Å². The SMILES string of the molecule is C.C.[CH2-]CC[Si](C)(C)O[Si](C)(C)O[Si](C)(C)CC[CH2-].[CH2-]CC[Si](C)(OC)O[Si](C)(C)OC.[W].[W].[W]. The third kappa shape index (κ3) is 29.7. The quantitative estimate of drug-likeness (QED) is 0.130. The fourth-order valence-corrected chi connectivity index (χ4v) is 23.2. The van der Waals surface area contributed by atoms with Crippen molar-refractivity contribution in [1.82, 2.24) is 0 Å². The topological polar surface area (TPSA) is 46.2 Å². The molecule has 5 nitrogen and oxygen atoms in total. The van der Waals surface area contributed by atoms with Crippen LogP contribution in [0, 0.1) is 20.8 Å². The predicted molar refractivity (Wildman–Crippen MR) is 157 cm³/mol. The Balaban J connectivity index is -0.0000000803. The second-order valence-electron chi connectivity index (χ2n) is 9.98. The fourth-order valence-electron chi connectivity index (χ4n) is 3.38. The normalized spacial score (nSPS) is 13.2. The molecule has 0 aliphatic rings. The zero-order valence-corrected chi connectivity index (χ0v) is 36.9. The maximum Gasteiger partial charge on any atom is 0.323 e. The van der Waals surface area contributed by atoms with Gasteiger partial charge in [-0.2, -0.15) is 19.3 Å². The molecule has 1 atom stereocenters. The van der Waals surface area contributed by atoms with Crippen LogP contribution in [0.15, 0.2) is 0 Å². The first-order valence-corrected chi connectivity index (χ1v) is 25.4. The van der Waals surface area contributed by atoms with Crippen molar-refractivity contribution in [3.63, 3.8) is 0 Å². The van der Waals surface area contributed by atoms with Crippen LogP contribution in [-0.2, 0) is 84.4 Å². The monoisotopic (exact) mass is 1100 g/mol. The molecular formula is C22H59O5Si5W3-3. The van der Waals surface area contributed by atoms with E-state index in [-0.39, 0.29) is 78.0 Å². The molecule has 0 aromatic rings. The summed E-state index contributed by atoms with van der Waals surface area (Å²) >= 11 is 0. The van der Waals surface area contributed by atoms with Crippen LogP contribution in [0.3, 0.4) is 0 Å². The molecule has 0 saturated heterocycles. The summed E-state index contributed by atoms with van der Waals surface area (Å²) in [5, 5.41) is 0. The second-order valence-corrected chi connectivity index (χ2v) is 29.6. The smallest absolute Gasteiger partial charge is 0.323 e.